The van der Waals surface area contributed by atoms with Gasteiger partial charge in [0, 0.05) is 0 Å². The lowest BCUT2D eigenvalue weighted by Gasteiger charge is -1.48. The van der Waals surface area contributed by atoms with Crippen LogP contribution >= 0.6 is 49.6 Å². The summed E-state index contributed by atoms with van der Waals surface area (Å²) in [5, 5.41) is 0. The quantitative estimate of drug-likeness (QED) is 0.546. The summed E-state index contributed by atoms with van der Waals surface area (Å²) in [6.45, 7) is 9.50. The summed E-state index contributed by atoms with van der Waals surface area (Å²) >= 11 is 0. The molecule has 0 radical (unpaired) electrons. The minimum Gasteiger partial charge on any atom is -0.147 e. The van der Waals surface area contributed by atoms with Gasteiger partial charge in [-0.15, -0.1) is 56.2 Å². The molecular formula is C6H18Cl4. The molecule has 0 aliphatic carbocycles. The Labute approximate surface area is 89.5 Å². The first-order valence-electron chi connectivity index (χ1n) is 2.40. The summed E-state index contributed by atoms with van der Waals surface area (Å²) in [5.74, 6) is 0. The third-order valence-corrected chi connectivity index (χ3v) is 0. The predicted octanol–water partition coefficient (Wildman–Crippen LogP) is 4.30. The molecule has 0 aromatic rings. The van der Waals surface area contributed by atoms with Gasteiger partial charge in [0.1, 0.15) is 0 Å². The Morgan fingerprint density at radius 3 is 1.00 bits per heavy atom. The van der Waals surface area contributed by atoms with E-state index in [1.807, 2.05) is 6.92 Å². The van der Waals surface area contributed by atoms with E-state index >= 15 is 0 Å². The summed E-state index contributed by atoms with van der Waals surface area (Å²) in [6.07, 6.45) is 3.00. The molecule has 0 rings (SSSR count). The number of rotatable bonds is 0. The van der Waals surface area contributed by atoms with Crippen molar-refractivity contribution in [1.29, 1.82) is 0 Å². The van der Waals surface area contributed by atoms with Crippen LogP contribution in [0.25, 0.3) is 0 Å². The lowest BCUT2D eigenvalue weighted by atomic mass is 10.6. The van der Waals surface area contributed by atoms with Gasteiger partial charge in [0.25, 0.3) is 0 Å². The van der Waals surface area contributed by atoms with Gasteiger partial charge in [-0.05, 0) is 6.92 Å². The van der Waals surface area contributed by atoms with Gasteiger partial charge in [-0.1, -0.05) is 26.3 Å². The van der Waals surface area contributed by atoms with Gasteiger partial charge in [0.05, 0.1) is 0 Å². The van der Waals surface area contributed by atoms with Crippen molar-refractivity contribution < 1.29 is 0 Å². The van der Waals surface area contributed by atoms with Crippen molar-refractivity contribution in [3.05, 3.63) is 12.7 Å². The van der Waals surface area contributed by atoms with Crippen LogP contribution < -0.4 is 0 Å². The molecule has 0 amide bonds. The fourth-order valence-corrected chi connectivity index (χ4v) is 0. The monoisotopic (exact) mass is 230 g/mol. The Bertz CT molecular complexity index is 23.7. The highest BCUT2D eigenvalue weighted by Gasteiger charge is 1.35. The van der Waals surface area contributed by atoms with Crippen molar-refractivity contribution in [3.63, 3.8) is 0 Å². The lowest BCUT2D eigenvalue weighted by molar-refractivity contribution is 1.09. The van der Waals surface area contributed by atoms with Crippen LogP contribution in [-0.2, 0) is 0 Å². The van der Waals surface area contributed by atoms with Gasteiger partial charge >= 0.3 is 0 Å². The third-order valence-electron chi connectivity index (χ3n) is 0. The standard InChI is InChI=1S/C3H8.C3H6.4ClH/c2*1-3-2;;;;/h3H2,1-2H3;3H,1H2,2H3;4*1H. The predicted molar refractivity (Wildman–Crippen MR) is 60.8 cm³/mol. The Balaban J connectivity index is -0.00000000571. The molecule has 0 unspecified atom stereocenters. The minimum absolute atomic E-state index is 0. The van der Waals surface area contributed by atoms with Gasteiger partial charge < -0.3 is 0 Å². The number of hydrogen-bond acceptors (Lipinski definition) is 0. The van der Waals surface area contributed by atoms with E-state index in [9.17, 15) is 0 Å². The van der Waals surface area contributed by atoms with Crippen molar-refractivity contribution in [1.82, 2.24) is 0 Å². The number of halogens is 4. The molecule has 0 spiro atoms. The molecule has 70 valence electrons. The summed E-state index contributed by atoms with van der Waals surface area (Å²) in [5.41, 5.74) is 0. The van der Waals surface area contributed by atoms with Crippen molar-refractivity contribution >= 4 is 49.6 Å². The second-order valence-corrected chi connectivity index (χ2v) is 1.12. The normalized spacial score (nSPS) is 3.10. The smallest absolute Gasteiger partial charge is 0.0473 e. The average molecular weight is 232 g/mol. The van der Waals surface area contributed by atoms with Crippen LogP contribution in [0.5, 0.6) is 0 Å². The zero-order valence-corrected chi connectivity index (χ0v) is 9.89. The van der Waals surface area contributed by atoms with Crippen molar-refractivity contribution in [2.45, 2.75) is 27.2 Å². The van der Waals surface area contributed by atoms with Gasteiger partial charge in [-0.2, -0.15) is 0 Å². The van der Waals surface area contributed by atoms with Gasteiger partial charge in [-0.3, -0.25) is 0 Å². The van der Waals surface area contributed by atoms with Gasteiger partial charge in [0.2, 0.25) is 0 Å². The molecule has 0 heterocycles. The minimum atomic E-state index is 0. The van der Waals surface area contributed by atoms with E-state index in [-0.39, 0.29) is 49.6 Å². The molecule has 0 atom stereocenters. The summed E-state index contributed by atoms with van der Waals surface area (Å²) in [7, 11) is 0. The molecule has 0 saturated carbocycles. The van der Waals surface area contributed by atoms with Crippen molar-refractivity contribution in [2.24, 2.45) is 0 Å². The molecule has 0 aliphatic rings. The molecule has 0 fully saturated rings. The number of hydrogen-bond donors (Lipinski definition) is 0. The maximum atomic E-state index is 3.36. The molecule has 0 aliphatic heterocycles. The van der Waals surface area contributed by atoms with E-state index in [1.54, 1.807) is 6.08 Å². The van der Waals surface area contributed by atoms with Crippen LogP contribution in [0.1, 0.15) is 27.2 Å². The second-order valence-electron chi connectivity index (χ2n) is 1.12. The van der Waals surface area contributed by atoms with Crippen LogP contribution in [0.2, 0.25) is 0 Å². The van der Waals surface area contributed by atoms with E-state index in [0.29, 0.717) is 0 Å². The highest BCUT2D eigenvalue weighted by atomic mass is 35.5. The van der Waals surface area contributed by atoms with Crippen molar-refractivity contribution in [3.8, 4) is 0 Å². The summed E-state index contributed by atoms with van der Waals surface area (Å²) in [4.78, 5) is 0. The van der Waals surface area contributed by atoms with E-state index in [1.165, 1.54) is 6.42 Å². The lowest BCUT2D eigenvalue weighted by Crippen LogP contribution is -1.27. The average Bonchev–Trinajstić information content (AvgIpc) is 1.39. The molecule has 0 aromatic carbocycles. The van der Waals surface area contributed by atoms with E-state index in [4.69, 9.17) is 0 Å². The molecule has 0 aromatic heterocycles. The molecule has 0 nitrogen and oxygen atoms in total. The SMILES string of the molecule is C=CC.CCC.Cl.Cl.Cl.Cl. The highest BCUT2D eigenvalue weighted by molar-refractivity contribution is 5.86. The molecular weight excluding hydrogens is 214 g/mol. The van der Waals surface area contributed by atoms with Gasteiger partial charge in [-0.25, -0.2) is 0 Å². The summed E-state index contributed by atoms with van der Waals surface area (Å²) < 4.78 is 0. The number of allylic oxidation sites excluding steroid dienone is 1. The van der Waals surface area contributed by atoms with Gasteiger partial charge in [0.15, 0.2) is 0 Å². The Morgan fingerprint density at radius 2 is 1.00 bits per heavy atom. The van der Waals surface area contributed by atoms with Crippen molar-refractivity contribution in [2.75, 3.05) is 0 Å². The third kappa shape index (κ3) is 686. The summed E-state index contributed by atoms with van der Waals surface area (Å²) in [6, 6.07) is 0. The Kier molecular flexibility index (Phi) is 415. The molecule has 0 bridgehead atoms. The van der Waals surface area contributed by atoms with Crippen LogP contribution in [0, 0.1) is 0 Å². The van der Waals surface area contributed by atoms with Crippen LogP contribution in [0.3, 0.4) is 0 Å². The van der Waals surface area contributed by atoms with Crippen LogP contribution in [0.4, 0.5) is 0 Å². The highest BCUT2D eigenvalue weighted by Crippen LogP contribution is 1.56. The zero-order chi connectivity index (χ0) is 5.41. The fourth-order valence-electron chi connectivity index (χ4n) is 0. The van der Waals surface area contributed by atoms with E-state index in [0.717, 1.165) is 0 Å². The maximum absolute atomic E-state index is 3.36. The molecule has 4 heteroatoms. The van der Waals surface area contributed by atoms with E-state index in [2.05, 4.69) is 20.4 Å². The van der Waals surface area contributed by atoms with Crippen LogP contribution in [0.15, 0.2) is 12.7 Å². The Morgan fingerprint density at radius 1 is 1.00 bits per heavy atom. The molecule has 10 heavy (non-hydrogen) atoms. The van der Waals surface area contributed by atoms with Crippen LogP contribution in [-0.4, -0.2) is 0 Å². The molecule has 0 N–H and O–H groups in total. The second kappa shape index (κ2) is 93.2. The first kappa shape index (κ1) is 44.5. The maximum Gasteiger partial charge on any atom is -0.0473 e. The molecule has 0 saturated heterocycles. The Hall–Kier alpha value is 0.900. The topological polar surface area (TPSA) is 0 Å². The fraction of sp³-hybridized carbons (Fsp3) is 0.667. The van der Waals surface area contributed by atoms with E-state index < -0.39 is 0 Å². The first-order valence-corrected chi connectivity index (χ1v) is 2.40. The zero-order valence-electron chi connectivity index (χ0n) is 6.62. The first-order chi connectivity index (χ1) is 2.83. The largest absolute Gasteiger partial charge is 0.147 e.